The van der Waals surface area contributed by atoms with E-state index >= 15 is 0 Å². The molecule has 1 aliphatic heterocycles. The van der Waals surface area contributed by atoms with Gasteiger partial charge in [0.05, 0.1) is 25.0 Å². The maximum absolute atomic E-state index is 14.0. The van der Waals surface area contributed by atoms with E-state index in [4.69, 9.17) is 11.6 Å². The van der Waals surface area contributed by atoms with Gasteiger partial charge in [-0.3, -0.25) is 9.69 Å². The van der Waals surface area contributed by atoms with Gasteiger partial charge in [0.1, 0.15) is 11.6 Å². The Labute approximate surface area is 179 Å². The Bertz CT molecular complexity index is 1020. The van der Waals surface area contributed by atoms with Crippen LogP contribution in [0.2, 0.25) is 5.02 Å². The number of carbonyl (C=O) groups is 1. The maximum Gasteiger partial charge on any atom is 0.239 e. The Morgan fingerprint density at radius 3 is 2.53 bits per heavy atom. The van der Waals surface area contributed by atoms with Crippen molar-refractivity contribution in [2.24, 2.45) is 0 Å². The predicted molar refractivity (Wildman–Crippen MR) is 116 cm³/mol. The first-order chi connectivity index (χ1) is 14.6. The molecule has 0 aliphatic carbocycles. The van der Waals surface area contributed by atoms with E-state index in [-0.39, 0.29) is 18.3 Å². The van der Waals surface area contributed by atoms with Crippen LogP contribution in [-0.4, -0.2) is 53.3 Å². The van der Waals surface area contributed by atoms with Gasteiger partial charge in [0.15, 0.2) is 0 Å². The summed E-state index contributed by atoms with van der Waals surface area (Å²) in [4.78, 5) is 16.6. The zero-order chi connectivity index (χ0) is 20.9. The summed E-state index contributed by atoms with van der Waals surface area (Å²) in [6.45, 7) is 3.50. The molecule has 8 heteroatoms. The minimum atomic E-state index is -0.213. The normalized spacial score (nSPS) is 14.7. The van der Waals surface area contributed by atoms with Gasteiger partial charge in [-0.15, -0.1) is 0 Å². The highest BCUT2D eigenvalue weighted by Crippen LogP contribution is 2.20. The van der Waals surface area contributed by atoms with Crippen LogP contribution in [0.5, 0.6) is 0 Å². The Hall–Kier alpha value is -2.90. The van der Waals surface area contributed by atoms with E-state index in [0.717, 1.165) is 5.56 Å². The van der Waals surface area contributed by atoms with Crippen molar-refractivity contribution in [2.45, 2.75) is 6.54 Å². The molecule has 1 amide bonds. The summed E-state index contributed by atoms with van der Waals surface area (Å²) in [7, 11) is 0. The molecule has 6 nitrogen and oxygen atoms in total. The summed E-state index contributed by atoms with van der Waals surface area (Å²) >= 11 is 6.23. The second-order valence-corrected chi connectivity index (χ2v) is 7.64. The summed E-state index contributed by atoms with van der Waals surface area (Å²) in [5.41, 5.74) is 1.55. The van der Waals surface area contributed by atoms with Crippen LogP contribution in [0.1, 0.15) is 5.56 Å². The fourth-order valence-electron chi connectivity index (χ4n) is 3.59. The van der Waals surface area contributed by atoms with E-state index in [1.807, 2.05) is 35.2 Å². The first-order valence-corrected chi connectivity index (χ1v) is 10.2. The lowest BCUT2D eigenvalue weighted by Gasteiger charge is -2.35. The molecular formula is C22H23ClFN5O. The number of amides is 1. The van der Waals surface area contributed by atoms with Crippen LogP contribution >= 0.6 is 11.6 Å². The van der Waals surface area contributed by atoms with Crippen molar-refractivity contribution in [3.05, 3.63) is 77.2 Å². The molecule has 4 rings (SSSR count). The molecule has 1 aliphatic rings. The molecule has 1 aromatic heterocycles. The van der Waals surface area contributed by atoms with Crippen LogP contribution in [0, 0.1) is 5.82 Å². The lowest BCUT2D eigenvalue weighted by atomic mass is 10.2. The van der Waals surface area contributed by atoms with Gasteiger partial charge in [0.25, 0.3) is 0 Å². The molecule has 30 heavy (non-hydrogen) atoms. The fraction of sp³-hybridized carbons (Fsp3) is 0.273. The third kappa shape index (κ3) is 4.80. The Morgan fingerprint density at radius 1 is 1.03 bits per heavy atom. The van der Waals surface area contributed by atoms with E-state index in [2.05, 4.69) is 15.3 Å². The van der Waals surface area contributed by atoms with Crippen LogP contribution in [-0.2, 0) is 11.3 Å². The lowest BCUT2D eigenvalue weighted by molar-refractivity contribution is -0.117. The minimum Gasteiger partial charge on any atom is -0.367 e. The molecule has 2 aromatic carbocycles. The van der Waals surface area contributed by atoms with Crippen molar-refractivity contribution < 1.29 is 9.18 Å². The first-order valence-electron chi connectivity index (χ1n) is 9.87. The standard InChI is InChI=1S/C22H23ClFN5O/c23-18-6-2-1-5-17(18)15-29-21(9-10-25-29)26-22(30)16-27-11-13-28(14-12-27)20-8-4-3-7-19(20)24/h1-10H,11-16H2,(H,26,30). The van der Waals surface area contributed by atoms with Crippen molar-refractivity contribution in [1.29, 1.82) is 0 Å². The summed E-state index contributed by atoms with van der Waals surface area (Å²) < 4.78 is 15.7. The van der Waals surface area contributed by atoms with Gasteiger partial charge in [-0.1, -0.05) is 41.9 Å². The maximum atomic E-state index is 14.0. The van der Waals surface area contributed by atoms with Gasteiger partial charge < -0.3 is 10.2 Å². The number of rotatable bonds is 6. The number of nitrogens with zero attached hydrogens (tertiary/aromatic N) is 4. The van der Waals surface area contributed by atoms with Crippen LogP contribution < -0.4 is 10.2 Å². The van der Waals surface area contributed by atoms with Crippen molar-refractivity contribution in [1.82, 2.24) is 14.7 Å². The second-order valence-electron chi connectivity index (χ2n) is 7.23. The zero-order valence-corrected chi connectivity index (χ0v) is 17.2. The number of benzene rings is 2. The number of carbonyl (C=O) groups excluding carboxylic acids is 1. The Kier molecular flexibility index (Phi) is 6.30. The monoisotopic (exact) mass is 427 g/mol. The summed E-state index contributed by atoms with van der Waals surface area (Å²) in [6.07, 6.45) is 1.65. The van der Waals surface area contributed by atoms with Gasteiger partial charge in [-0.25, -0.2) is 9.07 Å². The molecule has 1 N–H and O–H groups in total. The van der Waals surface area contributed by atoms with E-state index < -0.39 is 0 Å². The van der Waals surface area contributed by atoms with Gasteiger partial charge in [0.2, 0.25) is 5.91 Å². The SMILES string of the molecule is O=C(CN1CCN(c2ccccc2F)CC1)Nc1ccnn1Cc1ccccc1Cl. The molecule has 1 saturated heterocycles. The average Bonchev–Trinajstić information content (AvgIpc) is 3.17. The second kappa shape index (κ2) is 9.28. The van der Waals surface area contributed by atoms with Gasteiger partial charge in [-0.05, 0) is 23.8 Å². The van der Waals surface area contributed by atoms with E-state index in [9.17, 15) is 9.18 Å². The van der Waals surface area contributed by atoms with Crippen LogP contribution in [0.3, 0.4) is 0 Å². The number of hydrogen-bond acceptors (Lipinski definition) is 4. The highest BCUT2D eigenvalue weighted by molar-refractivity contribution is 6.31. The topological polar surface area (TPSA) is 53.4 Å². The number of hydrogen-bond donors (Lipinski definition) is 1. The summed E-state index contributed by atoms with van der Waals surface area (Å²) in [6, 6.07) is 16.1. The third-order valence-corrected chi connectivity index (χ3v) is 5.56. The number of aromatic nitrogens is 2. The molecule has 3 aromatic rings. The minimum absolute atomic E-state index is 0.102. The Balaban J connectivity index is 1.31. The van der Waals surface area contributed by atoms with Crippen molar-refractivity contribution >= 4 is 29.0 Å². The van der Waals surface area contributed by atoms with Crippen LogP contribution in [0.15, 0.2) is 60.8 Å². The summed E-state index contributed by atoms with van der Waals surface area (Å²) in [5, 5.41) is 7.89. The molecule has 156 valence electrons. The molecule has 0 unspecified atom stereocenters. The molecule has 2 heterocycles. The van der Waals surface area contributed by atoms with Crippen LogP contribution in [0.25, 0.3) is 0 Å². The molecule has 0 atom stereocenters. The van der Waals surface area contributed by atoms with E-state index in [0.29, 0.717) is 49.3 Å². The van der Waals surface area contributed by atoms with E-state index in [1.165, 1.54) is 6.07 Å². The largest absolute Gasteiger partial charge is 0.367 e. The molecule has 0 bridgehead atoms. The smallest absolute Gasteiger partial charge is 0.239 e. The van der Waals surface area contributed by atoms with Crippen molar-refractivity contribution in [2.75, 3.05) is 42.9 Å². The molecular weight excluding hydrogens is 405 g/mol. The third-order valence-electron chi connectivity index (χ3n) is 5.19. The van der Waals surface area contributed by atoms with Gasteiger partial charge >= 0.3 is 0 Å². The lowest BCUT2D eigenvalue weighted by Crippen LogP contribution is -2.49. The van der Waals surface area contributed by atoms with Crippen molar-refractivity contribution in [3.63, 3.8) is 0 Å². The molecule has 1 fully saturated rings. The number of para-hydroxylation sites is 1. The van der Waals surface area contributed by atoms with Crippen LogP contribution in [0.4, 0.5) is 15.9 Å². The molecule has 0 radical (unpaired) electrons. The number of nitrogens with one attached hydrogen (secondary N) is 1. The van der Waals surface area contributed by atoms with E-state index in [1.54, 1.807) is 29.1 Å². The molecule has 0 spiro atoms. The van der Waals surface area contributed by atoms with Gasteiger partial charge in [0, 0.05) is 37.3 Å². The average molecular weight is 428 g/mol. The van der Waals surface area contributed by atoms with Crippen molar-refractivity contribution in [3.8, 4) is 0 Å². The number of anilines is 2. The highest BCUT2D eigenvalue weighted by Gasteiger charge is 2.21. The highest BCUT2D eigenvalue weighted by atomic mass is 35.5. The molecule has 0 saturated carbocycles. The fourth-order valence-corrected chi connectivity index (χ4v) is 3.79. The first kappa shape index (κ1) is 20.4. The zero-order valence-electron chi connectivity index (χ0n) is 16.5. The van der Waals surface area contributed by atoms with Gasteiger partial charge in [-0.2, -0.15) is 5.10 Å². The quantitative estimate of drug-likeness (QED) is 0.654. The Morgan fingerprint density at radius 2 is 1.77 bits per heavy atom. The summed E-state index contributed by atoms with van der Waals surface area (Å²) in [5.74, 6) is 0.315. The predicted octanol–water partition coefficient (Wildman–Crippen LogP) is 3.48. The number of halogens is 2. The number of piperazine rings is 1.